The first-order chi connectivity index (χ1) is 15.5. The van der Waals surface area contributed by atoms with E-state index in [1.165, 1.54) is 4.52 Å². The summed E-state index contributed by atoms with van der Waals surface area (Å²) in [6, 6.07) is 9.42. The van der Waals surface area contributed by atoms with Crippen LogP contribution < -0.4 is 10.6 Å². The first-order valence-electron chi connectivity index (χ1n) is 9.99. The highest BCUT2D eigenvalue weighted by Gasteiger charge is 2.34. The number of nitrogens with zero attached hydrogens (tertiary/aromatic N) is 3. The van der Waals surface area contributed by atoms with Gasteiger partial charge in [-0.1, -0.05) is 30.3 Å². The Morgan fingerprint density at radius 2 is 1.91 bits per heavy atom. The standard InChI is InChI=1S/C22H21N5O5/c1-3-31-21(29)17-15(24-22(30)25-18(17)14-8-5-4-6-9-14)12-32-20(28)16-13(2)26-27-11-7-10-23-19(16)27/h4-11,18H,3,12H2,1-2H3,(H2,24,25,30). The largest absolute Gasteiger partial charge is 0.463 e. The highest BCUT2D eigenvalue weighted by molar-refractivity contribution is 5.98. The molecule has 2 aromatic heterocycles. The van der Waals surface area contributed by atoms with Gasteiger partial charge in [-0.25, -0.2) is 23.9 Å². The van der Waals surface area contributed by atoms with Gasteiger partial charge in [-0.3, -0.25) is 0 Å². The quantitative estimate of drug-likeness (QED) is 0.568. The number of rotatable bonds is 6. The molecule has 0 fully saturated rings. The Morgan fingerprint density at radius 1 is 1.12 bits per heavy atom. The summed E-state index contributed by atoms with van der Waals surface area (Å²) in [5.41, 5.74) is 2.02. The molecule has 3 heterocycles. The SMILES string of the molecule is CCOC(=O)C1=C(COC(=O)c2c(C)nn3cccnc23)NC(=O)NC1c1ccccc1. The summed E-state index contributed by atoms with van der Waals surface area (Å²) in [7, 11) is 0. The number of benzene rings is 1. The van der Waals surface area contributed by atoms with Gasteiger partial charge >= 0.3 is 18.0 Å². The van der Waals surface area contributed by atoms with Crippen molar-refractivity contribution in [1.82, 2.24) is 25.2 Å². The smallest absolute Gasteiger partial charge is 0.344 e. The van der Waals surface area contributed by atoms with Crippen LogP contribution in [0, 0.1) is 6.92 Å². The molecule has 1 unspecified atom stereocenters. The van der Waals surface area contributed by atoms with Crippen LogP contribution in [0.3, 0.4) is 0 Å². The molecule has 2 amide bonds. The third-order valence-electron chi connectivity index (χ3n) is 4.90. The molecule has 0 spiro atoms. The fourth-order valence-corrected chi connectivity index (χ4v) is 3.52. The van der Waals surface area contributed by atoms with Crippen molar-refractivity contribution in [2.45, 2.75) is 19.9 Å². The topological polar surface area (TPSA) is 124 Å². The lowest BCUT2D eigenvalue weighted by molar-refractivity contribution is -0.139. The third-order valence-corrected chi connectivity index (χ3v) is 4.90. The zero-order valence-corrected chi connectivity index (χ0v) is 17.5. The molecule has 1 aromatic carbocycles. The molecule has 0 bridgehead atoms. The van der Waals surface area contributed by atoms with Crippen LogP contribution >= 0.6 is 0 Å². The molecular weight excluding hydrogens is 414 g/mol. The van der Waals surface area contributed by atoms with Crippen LogP contribution in [-0.2, 0) is 14.3 Å². The third kappa shape index (κ3) is 4.02. The number of aryl methyl sites for hydroxylation is 1. The summed E-state index contributed by atoms with van der Waals surface area (Å²) in [6.07, 6.45) is 3.22. The maximum absolute atomic E-state index is 12.8. The van der Waals surface area contributed by atoms with Crippen molar-refractivity contribution < 1.29 is 23.9 Å². The minimum absolute atomic E-state index is 0.150. The van der Waals surface area contributed by atoms with Crippen LogP contribution in [0.1, 0.15) is 34.6 Å². The molecule has 0 aliphatic carbocycles. The number of aromatic nitrogens is 3. The van der Waals surface area contributed by atoms with Crippen molar-refractivity contribution in [3.63, 3.8) is 0 Å². The number of amides is 2. The molecule has 164 valence electrons. The molecule has 2 N–H and O–H groups in total. The average Bonchev–Trinajstić information content (AvgIpc) is 3.13. The summed E-state index contributed by atoms with van der Waals surface area (Å²) in [5, 5.41) is 9.55. The van der Waals surface area contributed by atoms with Gasteiger partial charge in [0.05, 0.1) is 29.6 Å². The van der Waals surface area contributed by atoms with E-state index >= 15 is 0 Å². The highest BCUT2D eigenvalue weighted by Crippen LogP contribution is 2.28. The summed E-state index contributed by atoms with van der Waals surface area (Å²) in [6.45, 7) is 3.17. The van der Waals surface area contributed by atoms with Crippen molar-refractivity contribution in [2.75, 3.05) is 13.2 Å². The van der Waals surface area contributed by atoms with E-state index in [-0.39, 0.29) is 30.0 Å². The van der Waals surface area contributed by atoms with Gasteiger partial charge < -0.3 is 20.1 Å². The maximum Gasteiger partial charge on any atom is 0.344 e. The molecule has 10 nitrogen and oxygen atoms in total. The van der Waals surface area contributed by atoms with E-state index < -0.39 is 24.0 Å². The average molecular weight is 435 g/mol. The molecule has 1 aliphatic rings. The number of hydrogen-bond acceptors (Lipinski definition) is 7. The Balaban J connectivity index is 1.66. The van der Waals surface area contributed by atoms with Crippen molar-refractivity contribution in [3.8, 4) is 0 Å². The van der Waals surface area contributed by atoms with E-state index in [0.29, 0.717) is 16.9 Å². The lowest BCUT2D eigenvalue weighted by Crippen LogP contribution is -2.47. The molecular formula is C22H21N5O5. The lowest BCUT2D eigenvalue weighted by Gasteiger charge is -2.29. The van der Waals surface area contributed by atoms with Crippen molar-refractivity contribution >= 4 is 23.6 Å². The lowest BCUT2D eigenvalue weighted by atomic mass is 9.95. The molecule has 10 heteroatoms. The number of urea groups is 1. The predicted molar refractivity (Wildman–Crippen MR) is 113 cm³/mol. The summed E-state index contributed by atoms with van der Waals surface area (Å²) < 4.78 is 12.1. The highest BCUT2D eigenvalue weighted by atomic mass is 16.5. The van der Waals surface area contributed by atoms with Crippen LogP contribution in [0.5, 0.6) is 0 Å². The van der Waals surface area contributed by atoms with Crippen molar-refractivity contribution in [2.24, 2.45) is 0 Å². The van der Waals surface area contributed by atoms with E-state index in [1.807, 2.05) is 6.07 Å². The first-order valence-corrected chi connectivity index (χ1v) is 9.99. The number of hydrogen-bond donors (Lipinski definition) is 2. The minimum Gasteiger partial charge on any atom is -0.463 e. The zero-order valence-electron chi connectivity index (χ0n) is 17.5. The van der Waals surface area contributed by atoms with Crippen LogP contribution in [-0.4, -0.2) is 45.8 Å². The number of nitrogens with one attached hydrogen (secondary N) is 2. The molecule has 1 atom stereocenters. The van der Waals surface area contributed by atoms with Crippen LogP contribution in [0.25, 0.3) is 5.65 Å². The minimum atomic E-state index is -0.752. The van der Waals surface area contributed by atoms with E-state index in [4.69, 9.17) is 9.47 Å². The van der Waals surface area contributed by atoms with Crippen LogP contribution in [0.4, 0.5) is 4.79 Å². The second kappa shape index (κ2) is 8.88. The predicted octanol–water partition coefficient (Wildman–Crippen LogP) is 2.07. The van der Waals surface area contributed by atoms with Crippen LogP contribution in [0.2, 0.25) is 0 Å². The van der Waals surface area contributed by atoms with Gasteiger partial charge in [0, 0.05) is 12.4 Å². The Bertz CT molecular complexity index is 1220. The van der Waals surface area contributed by atoms with E-state index in [9.17, 15) is 14.4 Å². The number of ether oxygens (including phenoxy) is 2. The number of carbonyl (C=O) groups is 3. The van der Waals surface area contributed by atoms with Gasteiger partial charge in [-0.15, -0.1) is 0 Å². The fraction of sp³-hybridized carbons (Fsp3) is 0.227. The number of fused-ring (bicyclic) bond motifs is 1. The Hall–Kier alpha value is -4.21. The van der Waals surface area contributed by atoms with Crippen molar-refractivity contribution in [3.05, 3.63) is 76.9 Å². The molecule has 4 rings (SSSR count). The Morgan fingerprint density at radius 3 is 2.66 bits per heavy atom. The Kier molecular flexibility index (Phi) is 5.84. The molecule has 0 saturated heterocycles. The van der Waals surface area contributed by atoms with Gasteiger partial charge in [0.1, 0.15) is 12.2 Å². The van der Waals surface area contributed by atoms with Gasteiger partial charge in [-0.2, -0.15) is 5.10 Å². The van der Waals surface area contributed by atoms with Gasteiger partial charge in [0.25, 0.3) is 0 Å². The first kappa shape index (κ1) is 21.0. The monoisotopic (exact) mass is 435 g/mol. The maximum atomic E-state index is 12.8. The van der Waals surface area contributed by atoms with E-state index in [2.05, 4.69) is 20.7 Å². The Labute approximate surface area is 183 Å². The summed E-state index contributed by atoms with van der Waals surface area (Å²) >= 11 is 0. The molecule has 32 heavy (non-hydrogen) atoms. The fourth-order valence-electron chi connectivity index (χ4n) is 3.52. The van der Waals surface area contributed by atoms with Crippen molar-refractivity contribution in [1.29, 1.82) is 0 Å². The number of carbonyl (C=O) groups excluding carboxylic acids is 3. The van der Waals surface area contributed by atoms with Gasteiger partial charge in [0.2, 0.25) is 0 Å². The second-order valence-electron chi connectivity index (χ2n) is 6.98. The van der Waals surface area contributed by atoms with E-state index in [1.54, 1.807) is 56.6 Å². The van der Waals surface area contributed by atoms with Gasteiger partial charge in [-0.05, 0) is 25.5 Å². The molecule has 3 aromatic rings. The second-order valence-corrected chi connectivity index (χ2v) is 6.98. The summed E-state index contributed by atoms with van der Waals surface area (Å²) in [4.78, 5) is 42.1. The zero-order chi connectivity index (χ0) is 22.7. The molecule has 1 aliphatic heterocycles. The van der Waals surface area contributed by atoms with Crippen LogP contribution in [0.15, 0.2) is 60.1 Å². The number of esters is 2. The summed E-state index contributed by atoms with van der Waals surface area (Å²) in [5.74, 6) is -1.29. The molecule has 0 saturated carbocycles. The van der Waals surface area contributed by atoms with Gasteiger partial charge in [0.15, 0.2) is 5.65 Å². The van der Waals surface area contributed by atoms with E-state index in [0.717, 1.165) is 0 Å². The normalized spacial score (nSPS) is 15.8. The molecule has 0 radical (unpaired) electrons.